The third-order valence-corrected chi connectivity index (χ3v) is 13.7. The van der Waals surface area contributed by atoms with Gasteiger partial charge < -0.3 is 9.80 Å². The SMILES string of the molecule is CC1(C)c2cc(N(c3ccccc3)c3ccccc3)ccc2-c2c1c1cccc3c4c5ccc(N(c6ccccc6)c6ccccc6)cc5sc4c4cccc2c4c13. The summed E-state index contributed by atoms with van der Waals surface area (Å²) in [7, 11) is 0. The van der Waals surface area contributed by atoms with Gasteiger partial charge in [0, 0.05) is 65.1 Å². The summed E-state index contributed by atoms with van der Waals surface area (Å²) in [6, 6.07) is 71.2. The van der Waals surface area contributed by atoms with Crippen LogP contribution in [0.2, 0.25) is 0 Å². The maximum Gasteiger partial charge on any atom is 0.0476 e. The lowest BCUT2D eigenvalue weighted by molar-refractivity contribution is 0.666. The van der Waals surface area contributed by atoms with Crippen molar-refractivity contribution in [1.82, 2.24) is 0 Å². The quantitative estimate of drug-likeness (QED) is 0.156. The predicted molar refractivity (Wildman–Crippen MR) is 250 cm³/mol. The van der Waals surface area contributed by atoms with Crippen LogP contribution in [0.5, 0.6) is 0 Å². The summed E-state index contributed by atoms with van der Waals surface area (Å²) >= 11 is 1.93. The molecular formula is C55H38N2S. The van der Waals surface area contributed by atoms with Gasteiger partial charge in [-0.25, -0.2) is 0 Å². The van der Waals surface area contributed by atoms with Crippen molar-refractivity contribution in [3.8, 4) is 11.1 Å². The average Bonchev–Trinajstić information content (AvgIpc) is 3.77. The minimum Gasteiger partial charge on any atom is -0.310 e. The molecule has 3 heteroatoms. The molecule has 0 unspecified atom stereocenters. The lowest BCUT2D eigenvalue weighted by Gasteiger charge is -2.28. The third-order valence-electron chi connectivity index (χ3n) is 12.5. The molecule has 0 spiro atoms. The molecule has 0 aliphatic heterocycles. The molecule has 0 saturated carbocycles. The van der Waals surface area contributed by atoms with Gasteiger partial charge in [-0.3, -0.25) is 0 Å². The van der Waals surface area contributed by atoms with Gasteiger partial charge >= 0.3 is 0 Å². The number of anilines is 6. The molecule has 0 radical (unpaired) electrons. The minimum atomic E-state index is -0.229. The molecular weight excluding hydrogens is 721 g/mol. The van der Waals surface area contributed by atoms with E-state index in [1.54, 1.807) is 0 Å². The van der Waals surface area contributed by atoms with Crippen molar-refractivity contribution in [3.63, 3.8) is 0 Å². The number of benzene rings is 10. The number of para-hydroxylation sites is 4. The van der Waals surface area contributed by atoms with E-state index in [1.807, 2.05) is 11.3 Å². The second-order valence-electron chi connectivity index (χ2n) is 16.1. The summed E-state index contributed by atoms with van der Waals surface area (Å²) < 4.78 is 2.66. The van der Waals surface area contributed by atoms with Gasteiger partial charge in [0.2, 0.25) is 0 Å². The molecule has 1 aliphatic rings. The summed E-state index contributed by atoms with van der Waals surface area (Å²) in [6.07, 6.45) is 0. The highest BCUT2D eigenvalue weighted by Gasteiger charge is 2.40. The van der Waals surface area contributed by atoms with E-state index in [-0.39, 0.29) is 5.41 Å². The van der Waals surface area contributed by atoms with E-state index >= 15 is 0 Å². The zero-order valence-corrected chi connectivity index (χ0v) is 33.1. The van der Waals surface area contributed by atoms with Crippen molar-refractivity contribution in [2.45, 2.75) is 19.3 Å². The Kier molecular flexibility index (Phi) is 7.18. The summed E-state index contributed by atoms with van der Waals surface area (Å²) in [6.45, 7) is 4.87. The molecule has 1 aromatic heterocycles. The Morgan fingerprint density at radius 1 is 0.379 bits per heavy atom. The molecule has 0 bridgehead atoms. The van der Waals surface area contributed by atoms with Crippen molar-refractivity contribution in [2.24, 2.45) is 0 Å². The molecule has 11 aromatic rings. The monoisotopic (exact) mass is 758 g/mol. The minimum absolute atomic E-state index is 0.229. The van der Waals surface area contributed by atoms with Crippen LogP contribution in [0.3, 0.4) is 0 Å². The Morgan fingerprint density at radius 2 is 0.862 bits per heavy atom. The first-order valence-corrected chi connectivity index (χ1v) is 20.9. The molecule has 0 N–H and O–H groups in total. The molecule has 1 aliphatic carbocycles. The number of nitrogens with zero attached hydrogens (tertiary/aromatic N) is 2. The van der Waals surface area contributed by atoms with Crippen molar-refractivity contribution >= 4 is 98.0 Å². The Balaban J connectivity index is 1.10. The van der Waals surface area contributed by atoms with E-state index in [0.29, 0.717) is 0 Å². The zero-order valence-electron chi connectivity index (χ0n) is 32.3. The van der Waals surface area contributed by atoms with E-state index in [4.69, 9.17) is 0 Å². The first kappa shape index (κ1) is 33.2. The highest BCUT2D eigenvalue weighted by molar-refractivity contribution is 7.27. The molecule has 0 amide bonds. The highest BCUT2D eigenvalue weighted by Crippen LogP contribution is 2.58. The van der Waals surface area contributed by atoms with E-state index < -0.39 is 0 Å². The van der Waals surface area contributed by atoms with Crippen molar-refractivity contribution in [2.75, 3.05) is 9.80 Å². The topological polar surface area (TPSA) is 6.48 Å². The molecule has 2 nitrogen and oxygen atoms in total. The van der Waals surface area contributed by atoms with E-state index in [2.05, 4.69) is 218 Å². The van der Waals surface area contributed by atoms with Crippen LogP contribution in [-0.2, 0) is 5.41 Å². The summed E-state index contributed by atoms with van der Waals surface area (Å²) in [5.41, 5.74) is 12.2. The van der Waals surface area contributed by atoms with Crippen molar-refractivity contribution < 1.29 is 0 Å². The van der Waals surface area contributed by atoms with Gasteiger partial charge in [0.1, 0.15) is 0 Å². The number of thiophene rings is 1. The molecule has 10 aromatic carbocycles. The fourth-order valence-corrected chi connectivity index (χ4v) is 11.4. The lowest BCUT2D eigenvalue weighted by atomic mass is 9.78. The molecule has 0 saturated heterocycles. The molecule has 58 heavy (non-hydrogen) atoms. The van der Waals surface area contributed by atoms with Gasteiger partial charge in [0.05, 0.1) is 0 Å². The van der Waals surface area contributed by atoms with Crippen LogP contribution in [-0.4, -0.2) is 0 Å². The molecule has 0 atom stereocenters. The number of fused-ring (bicyclic) bond motifs is 10. The Labute approximate surface area is 341 Å². The number of rotatable bonds is 6. The van der Waals surface area contributed by atoms with Gasteiger partial charge in [-0.2, -0.15) is 0 Å². The molecule has 1 heterocycles. The Bertz CT molecular complexity index is 3270. The fraction of sp³-hybridized carbons (Fsp3) is 0.0545. The predicted octanol–water partition coefficient (Wildman–Crippen LogP) is 16.2. The number of hydrogen-bond acceptors (Lipinski definition) is 3. The van der Waals surface area contributed by atoms with Crippen LogP contribution in [0.25, 0.3) is 63.6 Å². The van der Waals surface area contributed by atoms with Crippen molar-refractivity contribution in [3.05, 3.63) is 205 Å². The van der Waals surface area contributed by atoms with Crippen LogP contribution >= 0.6 is 11.3 Å². The highest BCUT2D eigenvalue weighted by atomic mass is 32.1. The van der Waals surface area contributed by atoms with Gasteiger partial charge in [-0.1, -0.05) is 135 Å². The van der Waals surface area contributed by atoms with Gasteiger partial charge in [-0.15, -0.1) is 11.3 Å². The van der Waals surface area contributed by atoms with Crippen LogP contribution in [0.1, 0.15) is 25.0 Å². The number of hydrogen-bond donors (Lipinski definition) is 0. The Morgan fingerprint density at radius 3 is 1.45 bits per heavy atom. The smallest absolute Gasteiger partial charge is 0.0476 e. The standard InChI is InChI=1S/C55H38N2S/c1-55(2)47-33-39(56(35-17-7-3-8-18-35)36-19-9-4-10-20-36)29-31-41(47)51-43-25-16-28-46-50(43)49-44(26-15-27-45(49)53(51)55)52-42-32-30-40(34-48(42)58-54(46)52)57(37-21-11-5-12-22-37)38-23-13-6-14-24-38/h3-34H,1-2H3. The zero-order chi connectivity index (χ0) is 38.5. The third kappa shape index (κ3) is 4.71. The molecule has 0 fully saturated rings. The van der Waals surface area contributed by atoms with Gasteiger partial charge in [0.15, 0.2) is 0 Å². The summed E-state index contributed by atoms with van der Waals surface area (Å²) in [5.74, 6) is 0. The fourth-order valence-electron chi connectivity index (χ4n) is 10.1. The average molecular weight is 759 g/mol. The largest absolute Gasteiger partial charge is 0.310 e. The second kappa shape index (κ2) is 12.5. The summed E-state index contributed by atoms with van der Waals surface area (Å²) in [4.78, 5) is 4.75. The first-order chi connectivity index (χ1) is 28.6. The van der Waals surface area contributed by atoms with Gasteiger partial charge in [0.25, 0.3) is 0 Å². The normalized spacial score (nSPS) is 13.1. The van der Waals surface area contributed by atoms with Crippen LogP contribution in [0.4, 0.5) is 34.1 Å². The molecule has 12 rings (SSSR count). The maximum atomic E-state index is 2.45. The maximum absolute atomic E-state index is 2.45. The molecule has 274 valence electrons. The first-order valence-electron chi connectivity index (χ1n) is 20.1. The lowest BCUT2D eigenvalue weighted by Crippen LogP contribution is -2.17. The van der Waals surface area contributed by atoms with Crippen molar-refractivity contribution in [1.29, 1.82) is 0 Å². The van der Waals surface area contributed by atoms with Crippen LogP contribution in [0, 0.1) is 0 Å². The van der Waals surface area contributed by atoms with E-state index in [1.165, 1.54) is 80.4 Å². The summed E-state index contributed by atoms with van der Waals surface area (Å²) in [5, 5.41) is 10.8. The van der Waals surface area contributed by atoms with E-state index in [9.17, 15) is 0 Å². The van der Waals surface area contributed by atoms with Crippen LogP contribution < -0.4 is 9.80 Å². The second-order valence-corrected chi connectivity index (χ2v) is 17.1. The van der Waals surface area contributed by atoms with Crippen LogP contribution in [0.15, 0.2) is 194 Å². The van der Waals surface area contributed by atoms with Gasteiger partial charge in [-0.05, 0) is 122 Å². The van der Waals surface area contributed by atoms with E-state index in [0.717, 1.165) is 28.4 Å². The Hall–Kier alpha value is -6.94.